The summed E-state index contributed by atoms with van der Waals surface area (Å²) in [7, 11) is 0. The van der Waals surface area contributed by atoms with E-state index in [4.69, 9.17) is 5.26 Å². The van der Waals surface area contributed by atoms with Gasteiger partial charge in [-0.25, -0.2) is 0 Å². The average Bonchev–Trinajstić information content (AvgIpc) is 2.31. The Morgan fingerprint density at radius 2 is 2.55 bits per heavy atom. The minimum atomic E-state index is -0.0128. The second kappa shape index (κ2) is 3.72. The number of hydrogen-bond donors (Lipinski definition) is 0. The van der Waals surface area contributed by atoms with Crippen molar-refractivity contribution in [2.45, 2.75) is 17.7 Å². The fraction of sp³-hybridized carbons (Fsp3) is 0.714. The summed E-state index contributed by atoms with van der Waals surface area (Å²) in [4.78, 5) is 12.9. The quantitative estimate of drug-likeness (QED) is 0.645. The summed E-state index contributed by atoms with van der Waals surface area (Å²) in [5, 5.41) is 8.28. The summed E-state index contributed by atoms with van der Waals surface area (Å²) in [6, 6.07) is 2.02. The van der Waals surface area contributed by atoms with Crippen LogP contribution in [0, 0.1) is 11.3 Å². The molecule has 1 atom stereocenters. The van der Waals surface area contributed by atoms with Crippen molar-refractivity contribution in [2.24, 2.45) is 0 Å². The number of rotatable bonds is 2. The van der Waals surface area contributed by atoms with Gasteiger partial charge in [0.1, 0.15) is 0 Å². The van der Waals surface area contributed by atoms with E-state index in [-0.39, 0.29) is 10.7 Å². The molecule has 1 amide bonds. The Kier molecular flexibility index (Phi) is 2.89. The Labute approximate surface area is 74.1 Å². The van der Waals surface area contributed by atoms with E-state index in [1.165, 1.54) is 0 Å². The molecular formula is C7H9BrN2O. The third-order valence-corrected chi connectivity index (χ3v) is 2.58. The van der Waals surface area contributed by atoms with Crippen LogP contribution in [0.1, 0.15) is 12.8 Å². The summed E-state index contributed by atoms with van der Waals surface area (Å²) in [5.74, 6) is 0.125. The minimum Gasteiger partial charge on any atom is -0.341 e. The molecule has 1 rings (SSSR count). The minimum absolute atomic E-state index is 0.0128. The number of alkyl halides is 1. The number of carbonyl (C=O) groups excluding carboxylic acids is 1. The van der Waals surface area contributed by atoms with E-state index in [9.17, 15) is 4.79 Å². The van der Waals surface area contributed by atoms with Crippen molar-refractivity contribution in [3.8, 4) is 6.07 Å². The molecule has 60 valence electrons. The summed E-state index contributed by atoms with van der Waals surface area (Å²) >= 11 is 3.26. The summed E-state index contributed by atoms with van der Waals surface area (Å²) in [5.41, 5.74) is 0. The van der Waals surface area contributed by atoms with Crippen LogP contribution in [-0.2, 0) is 4.79 Å². The van der Waals surface area contributed by atoms with E-state index in [1.54, 1.807) is 4.90 Å². The van der Waals surface area contributed by atoms with Crippen LogP contribution < -0.4 is 0 Å². The second-order valence-electron chi connectivity index (χ2n) is 2.49. The fourth-order valence-electron chi connectivity index (χ4n) is 1.11. The number of carbonyl (C=O) groups is 1. The Bertz CT molecular complexity index is 199. The van der Waals surface area contributed by atoms with Crippen LogP contribution in [0.3, 0.4) is 0 Å². The van der Waals surface area contributed by atoms with E-state index in [2.05, 4.69) is 15.9 Å². The SMILES string of the molecule is N#CCCN1CCC(Br)C1=O. The van der Waals surface area contributed by atoms with Crippen molar-refractivity contribution in [2.75, 3.05) is 13.1 Å². The summed E-state index contributed by atoms with van der Waals surface area (Å²) < 4.78 is 0. The molecule has 11 heavy (non-hydrogen) atoms. The number of halogens is 1. The molecule has 4 heteroatoms. The zero-order valence-electron chi connectivity index (χ0n) is 6.09. The third kappa shape index (κ3) is 1.93. The van der Waals surface area contributed by atoms with Gasteiger partial charge in [0, 0.05) is 13.1 Å². The lowest BCUT2D eigenvalue weighted by molar-refractivity contribution is -0.127. The van der Waals surface area contributed by atoms with Crippen molar-refractivity contribution in [1.29, 1.82) is 5.26 Å². The van der Waals surface area contributed by atoms with Gasteiger partial charge in [0.15, 0.2) is 0 Å². The number of nitriles is 1. The molecular weight excluding hydrogens is 208 g/mol. The Morgan fingerprint density at radius 1 is 1.82 bits per heavy atom. The number of likely N-dealkylation sites (tertiary alicyclic amines) is 1. The van der Waals surface area contributed by atoms with Crippen LogP contribution in [-0.4, -0.2) is 28.7 Å². The first-order valence-corrected chi connectivity index (χ1v) is 4.47. The topological polar surface area (TPSA) is 44.1 Å². The molecule has 0 aromatic rings. The monoisotopic (exact) mass is 216 g/mol. The third-order valence-electron chi connectivity index (χ3n) is 1.73. The van der Waals surface area contributed by atoms with Crippen LogP contribution in [0.4, 0.5) is 0 Å². The first-order chi connectivity index (χ1) is 5.25. The normalized spacial score (nSPS) is 23.8. The smallest absolute Gasteiger partial charge is 0.236 e. The standard InChI is InChI=1S/C7H9BrN2O/c8-6-2-5-10(7(6)11)4-1-3-9/h6H,1-2,4-5H2. The van der Waals surface area contributed by atoms with Gasteiger partial charge in [0.05, 0.1) is 17.3 Å². The maximum Gasteiger partial charge on any atom is 0.236 e. The largest absolute Gasteiger partial charge is 0.341 e. The highest BCUT2D eigenvalue weighted by Crippen LogP contribution is 2.17. The Hall–Kier alpha value is -0.560. The van der Waals surface area contributed by atoms with Crippen LogP contribution in [0.2, 0.25) is 0 Å². The van der Waals surface area contributed by atoms with Gasteiger partial charge in [-0.1, -0.05) is 15.9 Å². The van der Waals surface area contributed by atoms with Crippen molar-refractivity contribution >= 4 is 21.8 Å². The highest BCUT2D eigenvalue weighted by Gasteiger charge is 2.28. The van der Waals surface area contributed by atoms with Crippen molar-refractivity contribution in [3.63, 3.8) is 0 Å². The van der Waals surface area contributed by atoms with Gasteiger partial charge in [-0.15, -0.1) is 0 Å². The van der Waals surface area contributed by atoms with Crippen LogP contribution >= 0.6 is 15.9 Å². The fourth-order valence-corrected chi connectivity index (χ4v) is 1.60. The number of hydrogen-bond acceptors (Lipinski definition) is 2. The molecule has 1 unspecified atom stereocenters. The van der Waals surface area contributed by atoms with E-state index in [0.717, 1.165) is 13.0 Å². The summed E-state index contributed by atoms with van der Waals surface area (Å²) in [6.45, 7) is 1.37. The first-order valence-electron chi connectivity index (χ1n) is 3.55. The average molecular weight is 217 g/mol. The lowest BCUT2D eigenvalue weighted by Crippen LogP contribution is -2.28. The summed E-state index contributed by atoms with van der Waals surface area (Å²) in [6.07, 6.45) is 1.30. The molecule has 1 aliphatic heterocycles. The van der Waals surface area contributed by atoms with Gasteiger partial charge in [-0.3, -0.25) is 4.79 Å². The highest BCUT2D eigenvalue weighted by molar-refractivity contribution is 9.10. The second-order valence-corrected chi connectivity index (χ2v) is 3.59. The molecule has 0 aliphatic carbocycles. The number of amides is 1. The lowest BCUT2D eigenvalue weighted by atomic mass is 10.4. The van der Waals surface area contributed by atoms with Crippen LogP contribution in [0.15, 0.2) is 0 Å². The van der Waals surface area contributed by atoms with Gasteiger partial charge < -0.3 is 4.90 Å². The van der Waals surface area contributed by atoms with E-state index >= 15 is 0 Å². The maximum absolute atomic E-state index is 11.2. The zero-order valence-corrected chi connectivity index (χ0v) is 7.67. The molecule has 0 radical (unpaired) electrons. The van der Waals surface area contributed by atoms with Gasteiger partial charge in [0.25, 0.3) is 0 Å². The maximum atomic E-state index is 11.2. The first kappa shape index (κ1) is 8.54. The van der Waals surface area contributed by atoms with Crippen LogP contribution in [0.5, 0.6) is 0 Å². The molecule has 3 nitrogen and oxygen atoms in total. The number of nitrogens with zero attached hydrogens (tertiary/aromatic N) is 2. The molecule has 0 bridgehead atoms. The van der Waals surface area contributed by atoms with E-state index in [0.29, 0.717) is 13.0 Å². The van der Waals surface area contributed by atoms with Gasteiger partial charge in [0.2, 0.25) is 5.91 Å². The molecule has 0 aromatic heterocycles. The molecule has 0 aromatic carbocycles. The molecule has 1 aliphatic rings. The molecule has 0 saturated carbocycles. The van der Waals surface area contributed by atoms with Gasteiger partial charge in [-0.05, 0) is 6.42 Å². The molecule has 1 heterocycles. The molecule has 1 saturated heterocycles. The van der Waals surface area contributed by atoms with E-state index in [1.807, 2.05) is 6.07 Å². The highest BCUT2D eigenvalue weighted by atomic mass is 79.9. The molecule has 1 fully saturated rings. The van der Waals surface area contributed by atoms with Gasteiger partial charge >= 0.3 is 0 Å². The lowest BCUT2D eigenvalue weighted by Gasteiger charge is -2.12. The Morgan fingerprint density at radius 3 is 3.00 bits per heavy atom. The zero-order chi connectivity index (χ0) is 8.27. The Balaban J connectivity index is 2.38. The van der Waals surface area contributed by atoms with Crippen molar-refractivity contribution < 1.29 is 4.79 Å². The molecule has 0 N–H and O–H groups in total. The van der Waals surface area contributed by atoms with E-state index < -0.39 is 0 Å². The predicted molar refractivity (Wildman–Crippen MR) is 44.1 cm³/mol. The van der Waals surface area contributed by atoms with Crippen molar-refractivity contribution in [3.05, 3.63) is 0 Å². The van der Waals surface area contributed by atoms with Gasteiger partial charge in [-0.2, -0.15) is 5.26 Å². The van der Waals surface area contributed by atoms with Crippen LogP contribution in [0.25, 0.3) is 0 Å². The predicted octanol–water partition coefficient (Wildman–Crippen LogP) is 0.896. The van der Waals surface area contributed by atoms with Crippen molar-refractivity contribution in [1.82, 2.24) is 4.90 Å². The molecule has 0 spiro atoms.